The van der Waals surface area contributed by atoms with Gasteiger partial charge in [-0.25, -0.2) is 24.3 Å². The number of hydrogen-bond acceptors (Lipinski definition) is 6. The summed E-state index contributed by atoms with van der Waals surface area (Å²) in [5, 5.41) is 17.9. The minimum Gasteiger partial charge on any atom is -0.508 e. The first-order chi connectivity index (χ1) is 15.4. The maximum Gasteiger partial charge on any atom is 2.00 e. The average Bonchev–Trinajstić information content (AvgIpc) is 3.47. The van der Waals surface area contributed by atoms with E-state index in [1.165, 1.54) is 38.1 Å². The number of hydrogen-bond donors (Lipinski definition) is 2. The van der Waals surface area contributed by atoms with Crippen LogP contribution in [-0.4, -0.2) is 22.2 Å². The molecule has 0 spiro atoms. The zero-order valence-corrected chi connectivity index (χ0v) is 21.0. The van der Waals surface area contributed by atoms with Crippen LogP contribution in [0.25, 0.3) is 0 Å². The van der Waals surface area contributed by atoms with Gasteiger partial charge in [0.25, 0.3) is 0 Å². The molecule has 0 saturated heterocycles. The number of phenolic OH excluding ortho intramolecular Hbond substituents is 2. The van der Waals surface area contributed by atoms with Crippen molar-refractivity contribution < 1.29 is 55.5 Å². The first-order valence-electron chi connectivity index (χ1n) is 9.75. The molecule has 2 aromatic carbocycles. The second-order valence-electron chi connectivity index (χ2n) is 6.19. The van der Waals surface area contributed by atoms with E-state index in [4.69, 9.17) is 19.7 Å². The van der Waals surface area contributed by atoms with Gasteiger partial charge in [-0.05, 0) is 24.3 Å². The summed E-state index contributed by atoms with van der Waals surface area (Å²) in [6.45, 7) is 2.62. The number of benzene rings is 2. The largest absolute Gasteiger partial charge is 2.00 e. The van der Waals surface area contributed by atoms with E-state index in [0.717, 1.165) is 12.8 Å². The first-order valence-corrected chi connectivity index (χ1v) is 9.75. The molecule has 0 aliphatic heterocycles. The SMILES string of the molecule is CC(=O)Oc1cccc(O)c1.CC(=O)Oc1cccc(O)c1.[C-]1=CC=CC1.[C-]1=CC=CC1.[Zr+2]. The number of rotatable bonds is 2. The van der Waals surface area contributed by atoms with Crippen molar-refractivity contribution in [3.63, 3.8) is 0 Å². The van der Waals surface area contributed by atoms with E-state index in [0.29, 0.717) is 11.5 Å². The van der Waals surface area contributed by atoms with Crippen LogP contribution in [0, 0.1) is 12.2 Å². The quantitative estimate of drug-likeness (QED) is 0.316. The van der Waals surface area contributed by atoms with Crippen LogP contribution in [-0.2, 0) is 35.8 Å². The minimum atomic E-state index is -0.393. The fourth-order valence-electron chi connectivity index (χ4n) is 2.11. The number of ether oxygens (including phenoxy) is 2. The molecule has 0 saturated carbocycles. The van der Waals surface area contributed by atoms with Crippen LogP contribution < -0.4 is 9.47 Å². The maximum absolute atomic E-state index is 10.4. The van der Waals surface area contributed by atoms with E-state index in [1.807, 2.05) is 24.3 Å². The molecule has 0 amide bonds. The number of carbonyl (C=O) groups excluding carboxylic acids is 2. The van der Waals surface area contributed by atoms with Crippen molar-refractivity contribution in [2.45, 2.75) is 26.7 Å². The molecule has 170 valence electrons. The smallest absolute Gasteiger partial charge is 0.508 e. The first kappa shape index (κ1) is 29.8. The van der Waals surface area contributed by atoms with E-state index in [1.54, 1.807) is 24.3 Å². The summed E-state index contributed by atoms with van der Waals surface area (Å²) < 4.78 is 9.39. The van der Waals surface area contributed by atoms with Gasteiger partial charge in [0.2, 0.25) is 0 Å². The molecular weight excluding hydrogens is 500 g/mol. The molecule has 2 aromatic rings. The van der Waals surface area contributed by atoms with Gasteiger partial charge < -0.3 is 19.7 Å². The molecule has 0 atom stereocenters. The average molecular weight is 526 g/mol. The maximum atomic E-state index is 10.4. The van der Waals surface area contributed by atoms with Gasteiger partial charge in [0.15, 0.2) is 0 Å². The number of aromatic hydroxyl groups is 2. The molecule has 2 aliphatic rings. The van der Waals surface area contributed by atoms with Gasteiger partial charge in [-0.3, -0.25) is 21.7 Å². The van der Waals surface area contributed by atoms with Crippen molar-refractivity contribution >= 4 is 11.9 Å². The van der Waals surface area contributed by atoms with Crippen molar-refractivity contribution in [1.29, 1.82) is 0 Å². The predicted octanol–water partition coefficient (Wildman–Crippen LogP) is 5.24. The zero-order valence-electron chi connectivity index (χ0n) is 18.5. The van der Waals surface area contributed by atoms with Crippen LogP contribution in [0.15, 0.2) is 85.0 Å². The predicted molar refractivity (Wildman–Crippen MR) is 122 cm³/mol. The summed E-state index contributed by atoms with van der Waals surface area (Å²) in [4.78, 5) is 20.8. The van der Waals surface area contributed by atoms with Crippen LogP contribution >= 0.6 is 0 Å². The van der Waals surface area contributed by atoms with E-state index in [2.05, 4.69) is 24.3 Å². The summed E-state index contributed by atoms with van der Waals surface area (Å²) >= 11 is 0. The molecule has 0 bridgehead atoms. The molecule has 0 fully saturated rings. The van der Waals surface area contributed by atoms with Gasteiger partial charge >= 0.3 is 38.1 Å². The Morgan fingerprint density at radius 2 is 1.15 bits per heavy atom. The molecular formula is C26H26O6Zr. The van der Waals surface area contributed by atoms with Gasteiger partial charge in [-0.2, -0.15) is 12.2 Å². The van der Waals surface area contributed by atoms with Crippen molar-refractivity contribution in [3.05, 3.63) is 97.1 Å². The van der Waals surface area contributed by atoms with Crippen LogP contribution in [0.4, 0.5) is 0 Å². The number of phenols is 2. The number of carbonyl (C=O) groups is 2. The summed E-state index contributed by atoms with van der Waals surface area (Å²) in [5.74, 6) is 0.105. The third-order valence-electron chi connectivity index (χ3n) is 3.33. The Hall–Kier alpha value is -3.18. The normalized spacial score (nSPS) is 11.5. The zero-order chi connectivity index (χ0) is 23.6. The topological polar surface area (TPSA) is 93.1 Å². The third-order valence-corrected chi connectivity index (χ3v) is 3.33. The molecule has 33 heavy (non-hydrogen) atoms. The second kappa shape index (κ2) is 18.4. The number of allylic oxidation sites excluding steroid dienone is 8. The fourth-order valence-corrected chi connectivity index (χ4v) is 2.11. The Kier molecular flexibility index (Phi) is 16.6. The van der Waals surface area contributed by atoms with Crippen LogP contribution in [0.2, 0.25) is 0 Å². The molecule has 0 heterocycles. The molecule has 6 nitrogen and oxygen atoms in total. The Labute approximate surface area is 213 Å². The van der Waals surface area contributed by atoms with Gasteiger partial charge in [0, 0.05) is 26.0 Å². The standard InChI is InChI=1S/2C8H8O3.2C5H5.Zr/c2*1-6(9)11-8-4-2-3-7(10)5-8;2*1-2-4-5-3-1;/h2*2-5,10H,1H3;2*1-3H,4H2;/q;;2*-1;+2. The van der Waals surface area contributed by atoms with Gasteiger partial charge in [-0.1, -0.05) is 12.1 Å². The molecule has 0 unspecified atom stereocenters. The van der Waals surface area contributed by atoms with Crippen LogP contribution in [0.5, 0.6) is 23.0 Å². The Morgan fingerprint density at radius 3 is 1.36 bits per heavy atom. The minimum absolute atomic E-state index is 0. The van der Waals surface area contributed by atoms with Crippen molar-refractivity contribution in [1.82, 2.24) is 0 Å². The molecule has 0 radical (unpaired) electrons. The van der Waals surface area contributed by atoms with E-state index < -0.39 is 11.9 Å². The van der Waals surface area contributed by atoms with Crippen molar-refractivity contribution in [3.8, 4) is 23.0 Å². The summed E-state index contributed by atoms with van der Waals surface area (Å²) in [6.07, 6.45) is 20.0. The van der Waals surface area contributed by atoms with E-state index in [9.17, 15) is 9.59 Å². The monoisotopic (exact) mass is 524 g/mol. The van der Waals surface area contributed by atoms with Crippen molar-refractivity contribution in [2.24, 2.45) is 0 Å². The summed E-state index contributed by atoms with van der Waals surface area (Å²) in [7, 11) is 0. The number of esters is 2. The van der Waals surface area contributed by atoms with E-state index >= 15 is 0 Å². The Morgan fingerprint density at radius 1 is 0.758 bits per heavy atom. The van der Waals surface area contributed by atoms with Crippen molar-refractivity contribution in [2.75, 3.05) is 0 Å². The molecule has 2 aliphatic carbocycles. The molecule has 0 aromatic heterocycles. The summed E-state index contributed by atoms with van der Waals surface area (Å²) in [6, 6.07) is 12.2. The summed E-state index contributed by atoms with van der Waals surface area (Å²) in [5.41, 5.74) is 0. The fraction of sp³-hybridized carbons (Fsp3) is 0.154. The van der Waals surface area contributed by atoms with Crippen LogP contribution in [0.3, 0.4) is 0 Å². The van der Waals surface area contributed by atoms with E-state index in [-0.39, 0.29) is 37.7 Å². The van der Waals surface area contributed by atoms with Gasteiger partial charge in [-0.15, -0.1) is 12.8 Å². The van der Waals surface area contributed by atoms with Gasteiger partial charge in [0.05, 0.1) is 0 Å². The Balaban J connectivity index is 0.000000434. The molecule has 4 rings (SSSR count). The second-order valence-corrected chi connectivity index (χ2v) is 6.19. The Bertz CT molecular complexity index is 877. The molecule has 7 heteroatoms. The van der Waals surface area contributed by atoms with Crippen LogP contribution in [0.1, 0.15) is 26.7 Å². The van der Waals surface area contributed by atoms with Gasteiger partial charge in [0.1, 0.15) is 23.0 Å². The third kappa shape index (κ3) is 17.1. The molecule has 2 N–H and O–H groups in total.